The zero-order valence-corrected chi connectivity index (χ0v) is 12.4. The van der Waals surface area contributed by atoms with Crippen molar-refractivity contribution in [3.63, 3.8) is 0 Å². The molecule has 1 saturated carbocycles. The Hall–Kier alpha value is -1.10. The molecular weight excluding hydrogens is 256 g/mol. The van der Waals surface area contributed by atoms with E-state index in [2.05, 4.69) is 0 Å². The summed E-state index contributed by atoms with van der Waals surface area (Å²) in [7, 11) is 1.92. The summed E-state index contributed by atoms with van der Waals surface area (Å²) in [6, 6.07) is 0. The number of amides is 1. The first kappa shape index (κ1) is 15.3. The Morgan fingerprint density at radius 2 is 1.70 bits per heavy atom. The van der Waals surface area contributed by atoms with E-state index >= 15 is 0 Å². The van der Waals surface area contributed by atoms with Crippen LogP contribution in [0.3, 0.4) is 0 Å². The maximum atomic E-state index is 12.3. The van der Waals surface area contributed by atoms with Gasteiger partial charge in [-0.2, -0.15) is 0 Å². The summed E-state index contributed by atoms with van der Waals surface area (Å²) >= 11 is 0. The quantitative estimate of drug-likeness (QED) is 0.834. The van der Waals surface area contributed by atoms with Gasteiger partial charge in [0.25, 0.3) is 0 Å². The molecule has 114 valence electrons. The second-order valence-electron chi connectivity index (χ2n) is 6.30. The monoisotopic (exact) mass is 282 g/mol. The van der Waals surface area contributed by atoms with Crippen molar-refractivity contribution in [1.29, 1.82) is 0 Å². The zero-order chi connectivity index (χ0) is 14.6. The van der Waals surface area contributed by atoms with E-state index in [9.17, 15) is 14.7 Å². The predicted octanol–water partition coefficient (Wildman–Crippen LogP) is 1.72. The van der Waals surface area contributed by atoms with Crippen LogP contribution < -0.4 is 0 Å². The van der Waals surface area contributed by atoms with Crippen LogP contribution in [-0.2, 0) is 9.59 Å². The van der Waals surface area contributed by atoms with Crippen molar-refractivity contribution in [2.45, 2.75) is 56.9 Å². The minimum Gasteiger partial charge on any atom is -0.481 e. The Morgan fingerprint density at radius 1 is 1.10 bits per heavy atom. The number of nitrogens with zero attached hydrogens (tertiary/aromatic N) is 2. The van der Waals surface area contributed by atoms with Gasteiger partial charge in [-0.1, -0.05) is 19.3 Å². The Balaban J connectivity index is 1.99. The molecular formula is C15H26N2O3. The number of likely N-dealkylation sites (tertiary alicyclic amines) is 1. The number of carbonyl (C=O) groups is 2. The van der Waals surface area contributed by atoms with Gasteiger partial charge in [0.2, 0.25) is 5.91 Å². The summed E-state index contributed by atoms with van der Waals surface area (Å²) in [6.07, 6.45) is 7.43. The van der Waals surface area contributed by atoms with Crippen LogP contribution in [0.4, 0.5) is 0 Å². The van der Waals surface area contributed by atoms with Crippen LogP contribution in [0.25, 0.3) is 0 Å². The highest BCUT2D eigenvalue weighted by molar-refractivity contribution is 5.78. The Labute approximate surface area is 120 Å². The molecule has 0 aromatic carbocycles. The van der Waals surface area contributed by atoms with Gasteiger partial charge in [0.1, 0.15) is 0 Å². The molecule has 2 fully saturated rings. The van der Waals surface area contributed by atoms with Crippen molar-refractivity contribution in [1.82, 2.24) is 9.80 Å². The van der Waals surface area contributed by atoms with Crippen molar-refractivity contribution in [3.8, 4) is 0 Å². The van der Waals surface area contributed by atoms with Crippen molar-refractivity contribution >= 4 is 11.9 Å². The fourth-order valence-corrected chi connectivity index (χ4v) is 3.62. The van der Waals surface area contributed by atoms with Gasteiger partial charge in [-0.25, -0.2) is 0 Å². The number of hydrogen-bond acceptors (Lipinski definition) is 3. The van der Waals surface area contributed by atoms with Crippen molar-refractivity contribution < 1.29 is 14.7 Å². The number of carboxylic acids is 1. The first-order valence-electron chi connectivity index (χ1n) is 7.74. The first-order chi connectivity index (χ1) is 9.53. The normalized spacial score (nSPS) is 22.2. The maximum Gasteiger partial charge on any atom is 0.305 e. The number of likely N-dealkylation sites (N-methyl/N-ethyl adjacent to an activating group) is 1. The van der Waals surface area contributed by atoms with Gasteiger partial charge >= 0.3 is 5.97 Å². The highest BCUT2D eigenvalue weighted by Gasteiger charge is 2.39. The van der Waals surface area contributed by atoms with Crippen LogP contribution in [0.15, 0.2) is 0 Å². The lowest BCUT2D eigenvalue weighted by molar-refractivity contribution is -0.143. The third-order valence-electron chi connectivity index (χ3n) is 4.91. The number of carboxylic acid groups (broad SMARTS) is 1. The van der Waals surface area contributed by atoms with Crippen LogP contribution >= 0.6 is 0 Å². The molecule has 5 nitrogen and oxygen atoms in total. The fraction of sp³-hybridized carbons (Fsp3) is 0.867. The summed E-state index contributed by atoms with van der Waals surface area (Å²) in [6.45, 7) is 2.07. The average Bonchev–Trinajstić information content (AvgIpc) is 2.92. The topological polar surface area (TPSA) is 60.9 Å². The first-order valence-corrected chi connectivity index (χ1v) is 7.74. The van der Waals surface area contributed by atoms with Crippen molar-refractivity contribution in [3.05, 3.63) is 0 Å². The van der Waals surface area contributed by atoms with Gasteiger partial charge in [0.05, 0.1) is 13.0 Å². The van der Waals surface area contributed by atoms with E-state index in [0.29, 0.717) is 6.54 Å². The number of carbonyl (C=O) groups excluding carboxylic acids is 1. The van der Waals surface area contributed by atoms with Crippen LogP contribution in [0.2, 0.25) is 0 Å². The predicted molar refractivity (Wildman–Crippen MR) is 76.5 cm³/mol. The lowest BCUT2D eigenvalue weighted by atomic mass is 9.78. The fourth-order valence-electron chi connectivity index (χ4n) is 3.62. The molecule has 0 atom stereocenters. The van der Waals surface area contributed by atoms with Gasteiger partial charge in [-0.3, -0.25) is 14.5 Å². The molecule has 1 aliphatic carbocycles. The van der Waals surface area contributed by atoms with Gasteiger partial charge in [0.15, 0.2) is 0 Å². The van der Waals surface area contributed by atoms with E-state index in [1.807, 2.05) is 16.8 Å². The molecule has 0 aromatic rings. The Kier molecular flexibility index (Phi) is 5.02. The minimum atomic E-state index is -0.757. The molecule has 0 bridgehead atoms. The summed E-state index contributed by atoms with van der Waals surface area (Å²) in [5, 5.41) is 9.20. The molecule has 1 saturated heterocycles. The maximum absolute atomic E-state index is 12.3. The second kappa shape index (κ2) is 6.57. The third-order valence-corrected chi connectivity index (χ3v) is 4.91. The summed E-state index contributed by atoms with van der Waals surface area (Å²) in [5.74, 6) is -0.604. The number of rotatable bonds is 5. The Morgan fingerprint density at radius 3 is 2.25 bits per heavy atom. The largest absolute Gasteiger partial charge is 0.481 e. The minimum absolute atomic E-state index is 0.150. The van der Waals surface area contributed by atoms with E-state index in [1.165, 1.54) is 6.42 Å². The standard InChI is InChI=1S/C15H26N2O3/c1-16(12-13(18)17-9-5-6-10-17)15(11-14(19)20)7-3-2-4-8-15/h2-12H2,1H3,(H,19,20). The highest BCUT2D eigenvalue weighted by atomic mass is 16.4. The SMILES string of the molecule is CN(CC(=O)N1CCCC1)C1(CC(=O)O)CCCCC1. The highest BCUT2D eigenvalue weighted by Crippen LogP contribution is 2.35. The van der Waals surface area contributed by atoms with E-state index in [1.54, 1.807) is 0 Å². The molecule has 1 heterocycles. The van der Waals surface area contributed by atoms with E-state index in [4.69, 9.17) is 0 Å². The molecule has 0 spiro atoms. The average molecular weight is 282 g/mol. The third kappa shape index (κ3) is 3.51. The molecule has 0 unspecified atom stereocenters. The van der Waals surface area contributed by atoms with E-state index < -0.39 is 5.97 Å². The summed E-state index contributed by atoms with van der Waals surface area (Å²) < 4.78 is 0. The zero-order valence-electron chi connectivity index (χ0n) is 12.4. The van der Waals surface area contributed by atoms with Gasteiger partial charge in [-0.05, 0) is 32.7 Å². The van der Waals surface area contributed by atoms with Crippen molar-refractivity contribution in [2.24, 2.45) is 0 Å². The molecule has 1 N–H and O–H groups in total. The summed E-state index contributed by atoms with van der Waals surface area (Å²) in [4.78, 5) is 27.4. The molecule has 1 aliphatic heterocycles. The number of hydrogen-bond donors (Lipinski definition) is 1. The molecule has 0 radical (unpaired) electrons. The molecule has 2 rings (SSSR count). The molecule has 20 heavy (non-hydrogen) atoms. The van der Waals surface area contributed by atoms with Gasteiger partial charge in [0, 0.05) is 18.6 Å². The smallest absolute Gasteiger partial charge is 0.305 e. The molecule has 1 amide bonds. The van der Waals surface area contributed by atoms with Crippen molar-refractivity contribution in [2.75, 3.05) is 26.7 Å². The van der Waals surface area contributed by atoms with E-state index in [0.717, 1.165) is 51.6 Å². The number of aliphatic carboxylic acids is 1. The molecule has 5 heteroatoms. The molecule has 2 aliphatic rings. The lowest BCUT2D eigenvalue weighted by Crippen LogP contribution is -2.52. The summed E-state index contributed by atoms with van der Waals surface area (Å²) in [5.41, 5.74) is -0.320. The molecule has 0 aromatic heterocycles. The second-order valence-corrected chi connectivity index (χ2v) is 6.30. The van der Waals surface area contributed by atoms with Crippen LogP contribution in [0, 0.1) is 0 Å². The van der Waals surface area contributed by atoms with Gasteiger partial charge in [-0.15, -0.1) is 0 Å². The van der Waals surface area contributed by atoms with Gasteiger partial charge < -0.3 is 10.0 Å². The Bertz CT molecular complexity index is 358. The van der Waals surface area contributed by atoms with E-state index in [-0.39, 0.29) is 17.9 Å². The van der Waals surface area contributed by atoms with Crippen LogP contribution in [0.5, 0.6) is 0 Å². The lowest BCUT2D eigenvalue weighted by Gasteiger charge is -2.44. The van der Waals surface area contributed by atoms with Crippen LogP contribution in [-0.4, -0.2) is 59.0 Å². The van der Waals surface area contributed by atoms with Crippen LogP contribution in [0.1, 0.15) is 51.4 Å².